The van der Waals surface area contributed by atoms with E-state index in [-0.39, 0.29) is 18.3 Å². The fourth-order valence-corrected chi connectivity index (χ4v) is 5.37. The van der Waals surface area contributed by atoms with Gasteiger partial charge in [0.2, 0.25) is 0 Å². The zero-order chi connectivity index (χ0) is 21.7. The molecule has 160 valence electrons. The number of carbonyl (C=O) groups excluding carboxylic acids is 3. The van der Waals surface area contributed by atoms with Crippen LogP contribution in [0, 0.1) is 23.7 Å². The van der Waals surface area contributed by atoms with Crippen LogP contribution in [0.15, 0.2) is 23.3 Å². The summed E-state index contributed by atoms with van der Waals surface area (Å²) in [7, 11) is 0. The predicted octanol–water partition coefficient (Wildman–Crippen LogP) is 2.32. The van der Waals surface area contributed by atoms with Crippen LogP contribution >= 0.6 is 0 Å². The Bertz CT molecular complexity index is 782. The van der Waals surface area contributed by atoms with Crippen molar-refractivity contribution in [2.75, 3.05) is 0 Å². The highest BCUT2D eigenvalue weighted by molar-refractivity contribution is 5.87. The molecule has 0 aromatic heterocycles. The summed E-state index contributed by atoms with van der Waals surface area (Å²) in [5.41, 5.74) is 0.249. The third-order valence-electron chi connectivity index (χ3n) is 6.78. The smallest absolute Gasteiger partial charge is 0.333 e. The third-order valence-corrected chi connectivity index (χ3v) is 6.78. The standard InChI is InChI=1S/C22H30O7/c1-7-10(2)20(25)27-15-9-22(6,29-13(5)23)18-14(24)8-11(3)16(18)19-17(15)12(4)21(26)28-19/h7-8,12,14-19,24H,9H2,1-6H3/b10-7-/t12-,14+,15+,16-,17-,18+,19+,22+/m1/s1. The van der Waals surface area contributed by atoms with Gasteiger partial charge in [0.15, 0.2) is 0 Å². The molecule has 7 nitrogen and oxygen atoms in total. The van der Waals surface area contributed by atoms with Crippen LogP contribution in [0.1, 0.15) is 48.0 Å². The number of fused-ring (bicyclic) bond motifs is 3. The van der Waals surface area contributed by atoms with E-state index in [4.69, 9.17) is 14.2 Å². The molecule has 0 unspecified atom stereocenters. The Kier molecular flexibility index (Phi) is 5.64. The molecule has 3 aliphatic rings. The molecule has 2 aliphatic carbocycles. The minimum Gasteiger partial charge on any atom is -0.461 e. The largest absolute Gasteiger partial charge is 0.461 e. The lowest BCUT2D eigenvalue weighted by Gasteiger charge is -2.40. The summed E-state index contributed by atoms with van der Waals surface area (Å²) in [5.74, 6) is -2.98. The fraction of sp³-hybridized carbons (Fsp3) is 0.682. The van der Waals surface area contributed by atoms with Crippen LogP contribution in [0.2, 0.25) is 0 Å². The molecule has 3 rings (SSSR count). The minimum absolute atomic E-state index is 0.177. The second-order valence-corrected chi connectivity index (χ2v) is 8.75. The number of carbonyl (C=O) groups is 3. The molecule has 0 radical (unpaired) electrons. The molecule has 1 N–H and O–H groups in total. The van der Waals surface area contributed by atoms with Crippen LogP contribution in [0.5, 0.6) is 0 Å². The highest BCUT2D eigenvalue weighted by Crippen LogP contribution is 2.54. The van der Waals surface area contributed by atoms with Gasteiger partial charge in [-0.15, -0.1) is 0 Å². The summed E-state index contributed by atoms with van der Waals surface area (Å²) < 4.78 is 17.3. The lowest BCUT2D eigenvalue weighted by Crippen LogP contribution is -2.48. The van der Waals surface area contributed by atoms with Gasteiger partial charge in [-0.1, -0.05) is 24.6 Å². The fourth-order valence-electron chi connectivity index (χ4n) is 5.37. The van der Waals surface area contributed by atoms with E-state index in [1.165, 1.54) is 6.92 Å². The zero-order valence-corrected chi connectivity index (χ0v) is 17.8. The molecule has 1 saturated heterocycles. The Morgan fingerprint density at radius 1 is 1.34 bits per heavy atom. The quantitative estimate of drug-likeness (QED) is 0.332. The maximum absolute atomic E-state index is 12.6. The van der Waals surface area contributed by atoms with Crippen LogP contribution in [0.3, 0.4) is 0 Å². The van der Waals surface area contributed by atoms with Gasteiger partial charge in [0.05, 0.1) is 12.0 Å². The Balaban J connectivity index is 2.09. The summed E-state index contributed by atoms with van der Waals surface area (Å²) in [6.07, 6.45) is 1.47. The van der Waals surface area contributed by atoms with Crippen LogP contribution in [0.25, 0.3) is 0 Å². The number of aliphatic hydroxyl groups is 1. The first-order chi connectivity index (χ1) is 13.5. The lowest BCUT2D eigenvalue weighted by molar-refractivity contribution is -0.175. The summed E-state index contributed by atoms with van der Waals surface area (Å²) >= 11 is 0. The van der Waals surface area contributed by atoms with E-state index >= 15 is 0 Å². The molecule has 0 bridgehead atoms. The van der Waals surface area contributed by atoms with Crippen molar-refractivity contribution in [3.63, 3.8) is 0 Å². The SMILES string of the molecule is C/C=C(/C)C(=O)O[C@H]1C[C@](C)(OC(C)=O)[C@@H]2[C@@H](C(C)=C[C@@H]2O)[C@@H]2OC(=O)[C@H](C)[C@@H]21. The van der Waals surface area contributed by atoms with E-state index < -0.39 is 53.6 Å². The molecule has 1 saturated carbocycles. The van der Waals surface area contributed by atoms with Gasteiger partial charge in [-0.05, 0) is 27.7 Å². The molecule has 0 aromatic carbocycles. The number of hydrogen-bond acceptors (Lipinski definition) is 7. The first-order valence-corrected chi connectivity index (χ1v) is 10.1. The van der Waals surface area contributed by atoms with Gasteiger partial charge in [0.25, 0.3) is 0 Å². The molecule has 2 fully saturated rings. The molecular formula is C22H30O7. The Labute approximate surface area is 171 Å². The van der Waals surface area contributed by atoms with E-state index in [1.54, 1.807) is 39.8 Å². The van der Waals surface area contributed by atoms with Gasteiger partial charge in [-0.3, -0.25) is 9.59 Å². The van der Waals surface area contributed by atoms with Crippen LogP contribution < -0.4 is 0 Å². The first kappa shape index (κ1) is 21.6. The van der Waals surface area contributed by atoms with Gasteiger partial charge >= 0.3 is 17.9 Å². The maximum atomic E-state index is 12.6. The van der Waals surface area contributed by atoms with E-state index in [9.17, 15) is 19.5 Å². The number of rotatable bonds is 3. The Morgan fingerprint density at radius 3 is 2.59 bits per heavy atom. The highest BCUT2D eigenvalue weighted by atomic mass is 16.6. The van der Waals surface area contributed by atoms with E-state index in [0.29, 0.717) is 5.57 Å². The molecule has 7 heteroatoms. The van der Waals surface area contributed by atoms with Crippen molar-refractivity contribution in [2.24, 2.45) is 23.7 Å². The number of aliphatic hydroxyl groups excluding tert-OH is 1. The molecule has 1 aliphatic heterocycles. The van der Waals surface area contributed by atoms with Crippen molar-refractivity contribution in [2.45, 2.75) is 71.9 Å². The topological polar surface area (TPSA) is 99.1 Å². The second-order valence-electron chi connectivity index (χ2n) is 8.75. The summed E-state index contributed by atoms with van der Waals surface area (Å²) in [5, 5.41) is 10.8. The monoisotopic (exact) mass is 406 g/mol. The predicted molar refractivity (Wildman–Crippen MR) is 103 cm³/mol. The van der Waals surface area contributed by atoms with Gasteiger partial charge in [-0.25, -0.2) is 4.79 Å². The van der Waals surface area contributed by atoms with E-state index in [1.807, 2.05) is 6.92 Å². The molecule has 8 atom stereocenters. The van der Waals surface area contributed by atoms with Crippen LogP contribution in [-0.2, 0) is 28.6 Å². The number of hydrogen-bond donors (Lipinski definition) is 1. The van der Waals surface area contributed by atoms with Gasteiger partial charge < -0.3 is 19.3 Å². The molecule has 0 amide bonds. The lowest BCUT2D eigenvalue weighted by atomic mass is 9.75. The zero-order valence-electron chi connectivity index (χ0n) is 17.8. The van der Waals surface area contributed by atoms with Crippen molar-refractivity contribution in [3.05, 3.63) is 23.3 Å². The average Bonchev–Trinajstić information content (AvgIpc) is 3.04. The molecule has 1 heterocycles. The normalized spacial score (nSPS) is 41.6. The van der Waals surface area contributed by atoms with Crippen LogP contribution in [-0.4, -0.2) is 46.9 Å². The second kappa shape index (κ2) is 7.59. The number of ether oxygens (including phenoxy) is 3. The summed E-state index contributed by atoms with van der Waals surface area (Å²) in [4.78, 5) is 36.9. The van der Waals surface area contributed by atoms with Crippen molar-refractivity contribution >= 4 is 17.9 Å². The number of esters is 3. The van der Waals surface area contributed by atoms with Crippen LogP contribution in [0.4, 0.5) is 0 Å². The Morgan fingerprint density at radius 2 is 2.00 bits per heavy atom. The van der Waals surface area contributed by atoms with Crippen molar-refractivity contribution in [1.82, 2.24) is 0 Å². The van der Waals surface area contributed by atoms with Crippen molar-refractivity contribution in [3.8, 4) is 0 Å². The molecule has 0 spiro atoms. The third kappa shape index (κ3) is 3.61. The van der Waals surface area contributed by atoms with Gasteiger partial charge in [0, 0.05) is 36.7 Å². The Hall–Kier alpha value is -2.15. The summed E-state index contributed by atoms with van der Waals surface area (Å²) in [6, 6.07) is 0. The average molecular weight is 406 g/mol. The molecular weight excluding hydrogens is 376 g/mol. The van der Waals surface area contributed by atoms with E-state index in [0.717, 1.165) is 5.57 Å². The van der Waals surface area contributed by atoms with Crippen molar-refractivity contribution in [1.29, 1.82) is 0 Å². The highest BCUT2D eigenvalue weighted by Gasteiger charge is 2.63. The summed E-state index contributed by atoms with van der Waals surface area (Å²) in [6.45, 7) is 10.1. The first-order valence-electron chi connectivity index (χ1n) is 10.1. The van der Waals surface area contributed by atoms with E-state index in [2.05, 4.69) is 0 Å². The maximum Gasteiger partial charge on any atom is 0.333 e. The number of allylic oxidation sites excluding steroid dienone is 1. The molecule has 29 heavy (non-hydrogen) atoms. The minimum atomic E-state index is -1.09. The van der Waals surface area contributed by atoms with Gasteiger partial charge in [0.1, 0.15) is 17.8 Å². The molecule has 0 aromatic rings. The van der Waals surface area contributed by atoms with Gasteiger partial charge in [-0.2, -0.15) is 0 Å². The van der Waals surface area contributed by atoms with Crippen molar-refractivity contribution < 1.29 is 33.7 Å².